The van der Waals surface area contributed by atoms with Crippen molar-refractivity contribution in [3.8, 4) is 0 Å². The van der Waals surface area contributed by atoms with E-state index in [0.29, 0.717) is 18.3 Å². The van der Waals surface area contributed by atoms with Gasteiger partial charge in [-0.15, -0.1) is 0 Å². The second-order valence-corrected chi connectivity index (χ2v) is 6.84. The van der Waals surface area contributed by atoms with Gasteiger partial charge in [-0.2, -0.15) is 0 Å². The van der Waals surface area contributed by atoms with Crippen LogP contribution in [0.3, 0.4) is 0 Å². The zero-order chi connectivity index (χ0) is 13.9. The molecule has 0 aliphatic heterocycles. The van der Waals surface area contributed by atoms with E-state index in [1.54, 1.807) is 12.3 Å². The van der Waals surface area contributed by atoms with Crippen molar-refractivity contribution in [3.63, 3.8) is 0 Å². The van der Waals surface area contributed by atoms with Crippen LogP contribution in [-0.2, 0) is 16.6 Å². The van der Waals surface area contributed by atoms with Gasteiger partial charge in [-0.25, -0.2) is 13.1 Å². The van der Waals surface area contributed by atoms with Gasteiger partial charge in [0.05, 0.1) is 11.5 Å². The zero-order valence-corrected chi connectivity index (χ0v) is 12.1. The van der Waals surface area contributed by atoms with E-state index in [9.17, 15) is 13.5 Å². The van der Waals surface area contributed by atoms with Gasteiger partial charge in [0.2, 0.25) is 10.0 Å². The smallest absolute Gasteiger partial charge is 0.242 e. The lowest BCUT2D eigenvalue weighted by atomic mass is 10.3. The van der Waals surface area contributed by atoms with E-state index in [1.165, 1.54) is 0 Å². The lowest BCUT2D eigenvalue weighted by molar-refractivity contribution is 0.270. The minimum atomic E-state index is -3.44. The molecule has 1 aromatic heterocycles. The van der Waals surface area contributed by atoms with Gasteiger partial charge in [0, 0.05) is 24.5 Å². The first-order chi connectivity index (χ1) is 9.08. The highest BCUT2D eigenvalue weighted by atomic mass is 32.2. The molecule has 1 fully saturated rings. The summed E-state index contributed by atoms with van der Waals surface area (Å²) in [5, 5.41) is 9.28. The minimum Gasteiger partial charge on any atom is -0.390 e. The highest BCUT2D eigenvalue weighted by Crippen LogP contribution is 2.37. The van der Waals surface area contributed by atoms with Crippen molar-refractivity contribution in [2.75, 3.05) is 6.54 Å². The standard InChI is InChI=1S/C13H22N2O3S/c1-2-3-4-7-14-19(17,18)13-8-12(10-16)15(9-13)11-5-6-11/h8-9,11,14,16H,2-7,10H2,1H3. The molecule has 0 bridgehead atoms. The number of aliphatic hydroxyl groups is 1. The molecule has 0 spiro atoms. The van der Waals surface area contributed by atoms with E-state index in [-0.39, 0.29) is 11.5 Å². The topological polar surface area (TPSA) is 71.3 Å². The number of nitrogens with one attached hydrogen (secondary N) is 1. The van der Waals surface area contributed by atoms with Crippen LogP contribution in [0.5, 0.6) is 0 Å². The average molecular weight is 286 g/mol. The van der Waals surface area contributed by atoms with Crippen LogP contribution in [0.25, 0.3) is 0 Å². The number of hydrogen-bond donors (Lipinski definition) is 2. The van der Waals surface area contributed by atoms with E-state index in [2.05, 4.69) is 11.6 Å². The van der Waals surface area contributed by atoms with Crippen molar-refractivity contribution in [2.24, 2.45) is 0 Å². The first-order valence-corrected chi connectivity index (χ1v) is 8.38. The monoisotopic (exact) mass is 286 g/mol. The Morgan fingerprint density at radius 1 is 1.42 bits per heavy atom. The van der Waals surface area contributed by atoms with Gasteiger partial charge in [0.25, 0.3) is 0 Å². The minimum absolute atomic E-state index is 0.123. The third-order valence-corrected chi connectivity index (χ3v) is 4.82. The summed E-state index contributed by atoms with van der Waals surface area (Å²) in [4.78, 5) is 0.264. The first kappa shape index (κ1) is 14.6. The summed E-state index contributed by atoms with van der Waals surface area (Å²) in [5.74, 6) is 0. The second kappa shape index (κ2) is 6.07. The molecule has 1 aliphatic rings. The highest BCUT2D eigenvalue weighted by Gasteiger charge is 2.27. The first-order valence-electron chi connectivity index (χ1n) is 6.89. The Balaban J connectivity index is 2.07. The molecule has 0 radical (unpaired) electrons. The number of rotatable bonds is 8. The van der Waals surface area contributed by atoms with E-state index in [1.807, 2.05) is 4.57 Å². The van der Waals surface area contributed by atoms with Gasteiger partial charge < -0.3 is 9.67 Å². The van der Waals surface area contributed by atoms with Gasteiger partial charge in [-0.3, -0.25) is 0 Å². The number of unbranched alkanes of at least 4 members (excludes halogenated alkanes) is 2. The molecule has 1 heterocycles. The Bertz CT molecular complexity index is 518. The van der Waals surface area contributed by atoms with Gasteiger partial charge in [-0.05, 0) is 25.3 Å². The molecule has 5 nitrogen and oxygen atoms in total. The SMILES string of the molecule is CCCCCNS(=O)(=O)c1cc(CO)n(C2CC2)c1. The number of nitrogens with zero attached hydrogens (tertiary/aromatic N) is 1. The molecular formula is C13H22N2O3S. The number of aliphatic hydroxyl groups excluding tert-OH is 1. The molecule has 0 amide bonds. The predicted molar refractivity (Wildman–Crippen MR) is 73.3 cm³/mol. The third kappa shape index (κ3) is 3.58. The fraction of sp³-hybridized carbons (Fsp3) is 0.692. The van der Waals surface area contributed by atoms with Crippen molar-refractivity contribution >= 4 is 10.0 Å². The van der Waals surface area contributed by atoms with Crippen LogP contribution in [0.15, 0.2) is 17.2 Å². The average Bonchev–Trinajstić information content (AvgIpc) is 3.13. The molecule has 2 N–H and O–H groups in total. The molecule has 6 heteroatoms. The number of sulfonamides is 1. The van der Waals surface area contributed by atoms with Crippen molar-refractivity contribution < 1.29 is 13.5 Å². The summed E-state index contributed by atoms with van der Waals surface area (Å²) in [5.41, 5.74) is 0.677. The normalized spacial score (nSPS) is 15.9. The third-order valence-electron chi connectivity index (χ3n) is 3.39. The summed E-state index contributed by atoms with van der Waals surface area (Å²) in [7, 11) is -3.44. The molecule has 1 saturated carbocycles. The van der Waals surface area contributed by atoms with Gasteiger partial charge in [-0.1, -0.05) is 19.8 Å². The Kier molecular flexibility index (Phi) is 4.65. The van der Waals surface area contributed by atoms with Crippen LogP contribution < -0.4 is 4.72 Å². The van der Waals surface area contributed by atoms with E-state index < -0.39 is 10.0 Å². The fourth-order valence-electron chi connectivity index (χ4n) is 2.13. The fourth-order valence-corrected chi connectivity index (χ4v) is 3.25. The Morgan fingerprint density at radius 2 is 2.16 bits per heavy atom. The van der Waals surface area contributed by atoms with Crippen molar-refractivity contribution in [3.05, 3.63) is 18.0 Å². The van der Waals surface area contributed by atoms with Gasteiger partial charge >= 0.3 is 0 Å². The summed E-state index contributed by atoms with van der Waals surface area (Å²) in [6.45, 7) is 2.43. The summed E-state index contributed by atoms with van der Waals surface area (Å²) in [6, 6.07) is 1.94. The van der Waals surface area contributed by atoms with E-state index in [4.69, 9.17) is 0 Å². The molecule has 1 aromatic rings. The molecule has 108 valence electrons. The molecule has 19 heavy (non-hydrogen) atoms. The second-order valence-electron chi connectivity index (χ2n) is 5.07. The van der Waals surface area contributed by atoms with Crippen LogP contribution in [-0.4, -0.2) is 24.6 Å². The molecule has 0 aromatic carbocycles. The van der Waals surface area contributed by atoms with E-state index in [0.717, 1.165) is 32.1 Å². The maximum Gasteiger partial charge on any atom is 0.242 e. The Labute approximate surface area is 114 Å². The van der Waals surface area contributed by atoms with Crippen LogP contribution >= 0.6 is 0 Å². The van der Waals surface area contributed by atoms with Crippen molar-refractivity contribution in [1.82, 2.24) is 9.29 Å². The quantitative estimate of drug-likeness (QED) is 0.716. The van der Waals surface area contributed by atoms with Gasteiger partial charge in [0.1, 0.15) is 0 Å². The van der Waals surface area contributed by atoms with Crippen LogP contribution in [0.4, 0.5) is 0 Å². The lowest BCUT2D eigenvalue weighted by Crippen LogP contribution is -2.24. The molecule has 0 saturated heterocycles. The molecular weight excluding hydrogens is 264 g/mol. The Hall–Kier alpha value is -0.850. The molecule has 0 unspecified atom stereocenters. The lowest BCUT2D eigenvalue weighted by Gasteiger charge is -2.04. The number of hydrogen-bond acceptors (Lipinski definition) is 3. The number of aromatic nitrogens is 1. The summed E-state index contributed by atoms with van der Waals surface area (Å²) < 4.78 is 28.7. The Morgan fingerprint density at radius 3 is 2.74 bits per heavy atom. The molecule has 2 rings (SSSR count). The van der Waals surface area contributed by atoms with E-state index >= 15 is 0 Å². The van der Waals surface area contributed by atoms with Crippen LogP contribution in [0, 0.1) is 0 Å². The van der Waals surface area contributed by atoms with Gasteiger partial charge in [0.15, 0.2) is 0 Å². The maximum absolute atomic E-state index is 12.1. The molecule has 0 atom stereocenters. The van der Waals surface area contributed by atoms with Crippen molar-refractivity contribution in [2.45, 2.75) is 56.6 Å². The summed E-state index contributed by atoms with van der Waals surface area (Å²) in [6.07, 6.45) is 6.70. The molecule has 1 aliphatic carbocycles. The maximum atomic E-state index is 12.1. The highest BCUT2D eigenvalue weighted by molar-refractivity contribution is 7.89. The van der Waals surface area contributed by atoms with Crippen LogP contribution in [0.1, 0.15) is 50.8 Å². The van der Waals surface area contributed by atoms with Crippen LogP contribution in [0.2, 0.25) is 0 Å². The zero-order valence-electron chi connectivity index (χ0n) is 11.3. The van der Waals surface area contributed by atoms with Crippen molar-refractivity contribution in [1.29, 1.82) is 0 Å². The summed E-state index contributed by atoms with van der Waals surface area (Å²) >= 11 is 0. The largest absolute Gasteiger partial charge is 0.390 e. The predicted octanol–water partition coefficient (Wildman–Crippen LogP) is 1.78.